The fourth-order valence-electron chi connectivity index (χ4n) is 6.69. The molecule has 2 aliphatic carbocycles. The first kappa shape index (κ1) is 25.0. The van der Waals surface area contributed by atoms with Gasteiger partial charge in [0.1, 0.15) is 5.56 Å². The minimum atomic E-state index is -0.948. The van der Waals surface area contributed by atoms with Gasteiger partial charge in [0.2, 0.25) is 5.91 Å². The maximum absolute atomic E-state index is 13.1. The molecule has 9 heteroatoms. The molecule has 3 heterocycles. The number of rotatable bonds is 7. The Balaban J connectivity index is 1.21. The second-order valence-electron chi connectivity index (χ2n) is 11.5. The normalized spacial score (nSPS) is 25.7. The van der Waals surface area contributed by atoms with Crippen LogP contribution in [-0.2, 0) is 4.79 Å². The lowest BCUT2D eigenvalue weighted by molar-refractivity contribution is -0.133. The first-order valence-electron chi connectivity index (χ1n) is 14.1. The van der Waals surface area contributed by atoms with Crippen LogP contribution in [0.1, 0.15) is 91.2 Å². The van der Waals surface area contributed by atoms with Gasteiger partial charge in [0.25, 0.3) is 0 Å². The Labute approximate surface area is 223 Å². The van der Waals surface area contributed by atoms with E-state index in [1.165, 1.54) is 43.9 Å². The molecule has 3 N–H and O–H groups in total. The van der Waals surface area contributed by atoms with Crippen molar-refractivity contribution in [3.63, 3.8) is 0 Å². The summed E-state index contributed by atoms with van der Waals surface area (Å²) >= 11 is 0. The summed E-state index contributed by atoms with van der Waals surface area (Å²) in [5.41, 5.74) is 10.4. The van der Waals surface area contributed by atoms with Gasteiger partial charge in [-0.2, -0.15) is 5.10 Å². The average Bonchev–Trinajstić information content (AvgIpc) is 3.38. The van der Waals surface area contributed by atoms with Crippen LogP contribution in [0.3, 0.4) is 0 Å². The predicted octanol–water partition coefficient (Wildman–Crippen LogP) is 4.15. The van der Waals surface area contributed by atoms with Crippen LogP contribution >= 0.6 is 0 Å². The van der Waals surface area contributed by atoms with Gasteiger partial charge >= 0.3 is 5.97 Å². The van der Waals surface area contributed by atoms with Gasteiger partial charge in [-0.15, -0.1) is 5.53 Å². The molecule has 0 bridgehead atoms. The molecule has 3 atom stereocenters. The third-order valence-electron chi connectivity index (χ3n) is 8.84. The first-order chi connectivity index (χ1) is 18.5. The number of piperidine rings is 1. The number of benzene rings is 1. The lowest BCUT2D eigenvalue weighted by Gasteiger charge is -2.34. The summed E-state index contributed by atoms with van der Waals surface area (Å²) in [6.45, 7) is 1.61. The fourth-order valence-corrected chi connectivity index (χ4v) is 6.69. The highest BCUT2D eigenvalue weighted by Gasteiger charge is 2.46. The van der Waals surface area contributed by atoms with Crippen molar-refractivity contribution in [2.75, 3.05) is 20.1 Å². The van der Waals surface area contributed by atoms with E-state index in [2.05, 4.69) is 33.1 Å². The maximum atomic E-state index is 13.1. The van der Waals surface area contributed by atoms with Gasteiger partial charge in [-0.05, 0) is 55.7 Å². The van der Waals surface area contributed by atoms with Gasteiger partial charge < -0.3 is 15.4 Å². The van der Waals surface area contributed by atoms with Crippen LogP contribution in [0, 0.1) is 11.8 Å². The minimum Gasteiger partial charge on any atom is -0.478 e. The molecule has 2 saturated carbocycles. The highest BCUT2D eigenvalue weighted by molar-refractivity contribution is 5.89. The van der Waals surface area contributed by atoms with E-state index < -0.39 is 5.97 Å². The highest BCUT2D eigenvalue weighted by atomic mass is 16.4. The molecule has 3 fully saturated rings. The third-order valence-corrected chi connectivity index (χ3v) is 8.84. The molecule has 1 saturated heterocycles. The van der Waals surface area contributed by atoms with E-state index in [0.717, 1.165) is 49.4 Å². The Morgan fingerprint density at radius 3 is 2.71 bits per heavy atom. The topological polar surface area (TPSA) is 103 Å². The van der Waals surface area contributed by atoms with Gasteiger partial charge in [-0.1, -0.05) is 31.4 Å². The lowest BCUT2D eigenvalue weighted by Crippen LogP contribution is -2.40. The van der Waals surface area contributed by atoms with E-state index in [0.29, 0.717) is 18.2 Å². The molecule has 1 unspecified atom stereocenters. The van der Waals surface area contributed by atoms with E-state index in [4.69, 9.17) is 0 Å². The third kappa shape index (κ3) is 5.04. The number of carboxylic acids is 1. The van der Waals surface area contributed by atoms with Crippen molar-refractivity contribution in [1.82, 2.24) is 30.6 Å². The van der Waals surface area contributed by atoms with Crippen LogP contribution in [-0.4, -0.2) is 56.8 Å². The minimum absolute atomic E-state index is 0.0851. The quantitative estimate of drug-likeness (QED) is 0.506. The fraction of sp³-hybridized carbons (Fsp3) is 0.552. The number of allylic oxidation sites excluding steroid dienone is 1. The van der Waals surface area contributed by atoms with Crippen LogP contribution < -0.4 is 11.0 Å². The van der Waals surface area contributed by atoms with Crippen LogP contribution in [0.25, 0.3) is 5.69 Å². The summed E-state index contributed by atoms with van der Waals surface area (Å²) in [5, 5.41) is 16.3. The largest absolute Gasteiger partial charge is 0.478 e. The summed E-state index contributed by atoms with van der Waals surface area (Å²) < 4.78 is 1.82. The number of likely N-dealkylation sites (tertiary alicyclic amines) is 1. The molecule has 6 rings (SSSR count). The molecular weight excluding hydrogens is 480 g/mol. The molecule has 1 aromatic heterocycles. The molecule has 4 aliphatic rings. The number of carbonyl (C=O) groups is 2. The molecule has 0 radical (unpaired) electrons. The van der Waals surface area contributed by atoms with Crippen LogP contribution in [0.5, 0.6) is 0 Å². The molecule has 1 aromatic carbocycles. The lowest BCUT2D eigenvalue weighted by atomic mass is 9.86. The first-order valence-corrected chi connectivity index (χ1v) is 14.1. The number of hydrogen-bond donors (Lipinski definition) is 3. The Morgan fingerprint density at radius 2 is 1.95 bits per heavy atom. The van der Waals surface area contributed by atoms with Crippen molar-refractivity contribution in [1.29, 1.82) is 0 Å². The Kier molecular flexibility index (Phi) is 6.86. The summed E-state index contributed by atoms with van der Waals surface area (Å²) in [5.74, 6) is 0.511. The van der Waals surface area contributed by atoms with Crippen molar-refractivity contribution in [3.05, 3.63) is 59.2 Å². The second kappa shape index (κ2) is 10.4. The van der Waals surface area contributed by atoms with Crippen molar-refractivity contribution in [2.24, 2.45) is 11.8 Å². The maximum Gasteiger partial charge on any atom is 0.339 e. The number of hydrogen-bond acceptors (Lipinski definition) is 6. The summed E-state index contributed by atoms with van der Waals surface area (Å²) in [7, 11) is 1.92. The van der Waals surface area contributed by atoms with Gasteiger partial charge in [-0.25, -0.2) is 9.48 Å². The molecule has 38 heavy (non-hydrogen) atoms. The smallest absolute Gasteiger partial charge is 0.339 e. The number of hydrazine groups is 2. The molecule has 2 aromatic rings. The Hall–Kier alpha value is -3.33. The van der Waals surface area contributed by atoms with Gasteiger partial charge in [0.05, 0.1) is 17.6 Å². The number of carboxylic acid groups (broad SMARTS) is 1. The van der Waals surface area contributed by atoms with Crippen molar-refractivity contribution in [2.45, 2.75) is 69.6 Å². The highest BCUT2D eigenvalue weighted by Crippen LogP contribution is 2.52. The van der Waals surface area contributed by atoms with Crippen LogP contribution in [0.4, 0.5) is 0 Å². The van der Waals surface area contributed by atoms with E-state index in [-0.39, 0.29) is 23.3 Å². The van der Waals surface area contributed by atoms with E-state index in [9.17, 15) is 14.7 Å². The molecule has 1 amide bonds. The second-order valence-corrected chi connectivity index (χ2v) is 11.5. The zero-order valence-electron chi connectivity index (χ0n) is 22.1. The standard InChI is InChI=1S/C29H38N6O3/c1-33-18-26(31-32-33)23-15-24(23)28-25(29(37)38)16-30-35(28)22-11-5-9-20(14-22)21-10-6-12-34(17-21)27(36)13-19-7-3-2-4-8-19/h5,9,11,14,16,18-19,21,23-24,31-32H,2-4,6-8,10,12-13,15,17H2,1H3,(H,37,38)/t21?,23-,24-/m1/s1. The number of nitrogens with zero attached hydrogens (tertiary/aromatic N) is 4. The number of amides is 1. The van der Waals surface area contributed by atoms with Gasteiger partial charge in [0.15, 0.2) is 0 Å². The SMILES string of the molecule is CN1C=C([C@@H]2C[C@H]2c2c(C(=O)O)cnn2-c2cccc(C3CCCN(C(=O)CC4CCCCC4)C3)c2)NN1. The predicted molar refractivity (Wildman–Crippen MR) is 143 cm³/mol. The van der Waals surface area contributed by atoms with E-state index in [1.807, 2.05) is 35.1 Å². The van der Waals surface area contributed by atoms with E-state index >= 15 is 0 Å². The average molecular weight is 519 g/mol. The number of carbonyl (C=O) groups excluding carboxylic acids is 1. The summed E-state index contributed by atoms with van der Waals surface area (Å²) in [6.07, 6.45) is 13.3. The zero-order valence-corrected chi connectivity index (χ0v) is 22.1. The molecule has 0 spiro atoms. The van der Waals surface area contributed by atoms with Crippen molar-refractivity contribution >= 4 is 11.9 Å². The summed E-state index contributed by atoms with van der Waals surface area (Å²) in [4.78, 5) is 27.3. The summed E-state index contributed by atoms with van der Waals surface area (Å²) in [6, 6.07) is 8.31. The van der Waals surface area contributed by atoms with Crippen LogP contribution in [0.2, 0.25) is 0 Å². The molecule has 9 nitrogen and oxygen atoms in total. The molecule has 202 valence electrons. The van der Waals surface area contributed by atoms with Crippen LogP contribution in [0.15, 0.2) is 42.4 Å². The Bertz CT molecular complexity index is 1230. The van der Waals surface area contributed by atoms with E-state index in [1.54, 1.807) is 0 Å². The number of nitrogens with one attached hydrogen (secondary N) is 2. The monoisotopic (exact) mass is 518 g/mol. The molecule has 2 aliphatic heterocycles. The van der Waals surface area contributed by atoms with Crippen molar-refractivity contribution in [3.8, 4) is 5.69 Å². The zero-order chi connectivity index (χ0) is 26.2. The number of aromatic carboxylic acids is 1. The molecular formula is C29H38N6O3. The van der Waals surface area contributed by atoms with Crippen molar-refractivity contribution < 1.29 is 14.7 Å². The van der Waals surface area contributed by atoms with Gasteiger partial charge in [-0.3, -0.25) is 9.80 Å². The van der Waals surface area contributed by atoms with Gasteiger partial charge in [0, 0.05) is 56.2 Å². The number of aromatic nitrogens is 2. The Morgan fingerprint density at radius 1 is 1.11 bits per heavy atom.